The number of nitrogens with two attached hydrogens (primary N) is 1. The second kappa shape index (κ2) is 4.66. The zero-order valence-electron chi connectivity index (χ0n) is 8.25. The van der Waals surface area contributed by atoms with Crippen molar-refractivity contribution in [3.63, 3.8) is 0 Å². The van der Waals surface area contributed by atoms with E-state index in [4.69, 9.17) is 10.5 Å². The second-order valence-electron chi connectivity index (χ2n) is 3.30. The van der Waals surface area contributed by atoms with Gasteiger partial charge in [0.15, 0.2) is 0 Å². The third-order valence-corrected chi connectivity index (χ3v) is 2.51. The van der Waals surface area contributed by atoms with Gasteiger partial charge in [0.1, 0.15) is 11.5 Å². The summed E-state index contributed by atoms with van der Waals surface area (Å²) in [5.41, 5.74) is 6.48. The van der Waals surface area contributed by atoms with Crippen LogP contribution in [0.5, 0.6) is 11.5 Å². The fourth-order valence-corrected chi connectivity index (χ4v) is 1.80. The number of aromatic hydroxyl groups is 1. The molecule has 4 heteroatoms. The minimum Gasteiger partial charge on any atom is -0.508 e. The fourth-order valence-electron chi connectivity index (χ4n) is 1.25. The molecular formula is C10H14BrNO2. The molecule has 1 unspecified atom stereocenters. The van der Waals surface area contributed by atoms with Gasteiger partial charge in [-0.25, -0.2) is 0 Å². The number of ether oxygens (including phenoxy) is 1. The van der Waals surface area contributed by atoms with Gasteiger partial charge in [-0.1, -0.05) is 0 Å². The topological polar surface area (TPSA) is 55.5 Å². The molecular weight excluding hydrogens is 246 g/mol. The Hall–Kier alpha value is -0.740. The standard InChI is InChI=1S/C10H14BrNO2/c1-6(12)3-7-4-8(11)10(14-2)5-9(7)13/h4-6,13H,3,12H2,1-2H3. The molecule has 14 heavy (non-hydrogen) atoms. The van der Waals surface area contributed by atoms with E-state index in [0.717, 1.165) is 10.0 Å². The largest absolute Gasteiger partial charge is 0.508 e. The number of phenols is 1. The number of rotatable bonds is 3. The summed E-state index contributed by atoms with van der Waals surface area (Å²) in [4.78, 5) is 0. The van der Waals surface area contributed by atoms with E-state index in [2.05, 4.69) is 15.9 Å². The monoisotopic (exact) mass is 259 g/mol. The molecule has 0 fully saturated rings. The van der Waals surface area contributed by atoms with Gasteiger partial charge in [-0.05, 0) is 40.9 Å². The van der Waals surface area contributed by atoms with Gasteiger partial charge in [-0.15, -0.1) is 0 Å². The molecule has 0 amide bonds. The summed E-state index contributed by atoms with van der Waals surface area (Å²) in [7, 11) is 1.56. The first-order valence-corrected chi connectivity index (χ1v) is 5.15. The van der Waals surface area contributed by atoms with E-state index in [-0.39, 0.29) is 11.8 Å². The van der Waals surface area contributed by atoms with Crippen LogP contribution in [0.3, 0.4) is 0 Å². The Morgan fingerprint density at radius 2 is 2.21 bits per heavy atom. The molecule has 1 aromatic carbocycles. The zero-order chi connectivity index (χ0) is 10.7. The first kappa shape index (κ1) is 11.3. The molecule has 0 saturated heterocycles. The number of hydrogen-bond acceptors (Lipinski definition) is 3. The molecule has 0 aliphatic carbocycles. The highest BCUT2D eigenvalue weighted by Gasteiger charge is 2.09. The maximum Gasteiger partial charge on any atom is 0.136 e. The Kier molecular flexibility index (Phi) is 3.77. The summed E-state index contributed by atoms with van der Waals surface area (Å²) in [6.07, 6.45) is 0.647. The van der Waals surface area contributed by atoms with Gasteiger partial charge >= 0.3 is 0 Å². The van der Waals surface area contributed by atoms with Crippen molar-refractivity contribution >= 4 is 15.9 Å². The second-order valence-corrected chi connectivity index (χ2v) is 4.15. The molecule has 0 aliphatic rings. The van der Waals surface area contributed by atoms with Gasteiger partial charge in [-0.3, -0.25) is 0 Å². The van der Waals surface area contributed by atoms with Crippen LogP contribution in [0.25, 0.3) is 0 Å². The molecule has 0 radical (unpaired) electrons. The van der Waals surface area contributed by atoms with E-state index >= 15 is 0 Å². The average molecular weight is 260 g/mol. The van der Waals surface area contributed by atoms with E-state index in [0.29, 0.717) is 12.2 Å². The van der Waals surface area contributed by atoms with Crippen molar-refractivity contribution in [1.29, 1.82) is 0 Å². The number of benzene rings is 1. The molecule has 1 aromatic rings. The van der Waals surface area contributed by atoms with Crippen LogP contribution in [-0.2, 0) is 6.42 Å². The highest BCUT2D eigenvalue weighted by Crippen LogP contribution is 2.32. The van der Waals surface area contributed by atoms with Crippen LogP contribution in [0.1, 0.15) is 12.5 Å². The SMILES string of the molecule is COc1cc(O)c(CC(C)N)cc1Br. The third kappa shape index (κ3) is 2.62. The Morgan fingerprint density at radius 1 is 1.57 bits per heavy atom. The maximum absolute atomic E-state index is 9.64. The fraction of sp³-hybridized carbons (Fsp3) is 0.400. The quantitative estimate of drug-likeness (QED) is 0.874. The van der Waals surface area contributed by atoms with Crippen LogP contribution in [0.2, 0.25) is 0 Å². The Balaban J connectivity index is 3.02. The minimum atomic E-state index is 0.0289. The van der Waals surface area contributed by atoms with Crippen molar-refractivity contribution in [2.45, 2.75) is 19.4 Å². The number of halogens is 1. The normalized spacial score (nSPS) is 12.6. The summed E-state index contributed by atoms with van der Waals surface area (Å²) >= 11 is 3.35. The van der Waals surface area contributed by atoms with Gasteiger partial charge in [0.05, 0.1) is 11.6 Å². The number of phenolic OH excluding ortho intramolecular Hbond substituents is 1. The van der Waals surface area contributed by atoms with Crippen LogP contribution in [0.4, 0.5) is 0 Å². The average Bonchev–Trinajstić information content (AvgIpc) is 2.10. The molecule has 0 saturated carbocycles. The van der Waals surface area contributed by atoms with Gasteiger partial charge in [-0.2, -0.15) is 0 Å². The third-order valence-electron chi connectivity index (χ3n) is 1.89. The molecule has 0 aromatic heterocycles. The summed E-state index contributed by atoms with van der Waals surface area (Å²) in [6.45, 7) is 1.90. The minimum absolute atomic E-state index is 0.0289. The van der Waals surface area contributed by atoms with E-state index in [1.54, 1.807) is 13.2 Å². The highest BCUT2D eigenvalue weighted by molar-refractivity contribution is 9.10. The predicted molar refractivity (Wildman–Crippen MR) is 59.7 cm³/mol. The number of hydrogen-bond donors (Lipinski definition) is 2. The molecule has 0 aliphatic heterocycles. The Bertz CT molecular complexity index is 326. The number of methoxy groups -OCH3 is 1. The van der Waals surface area contributed by atoms with E-state index in [9.17, 15) is 5.11 Å². The molecule has 78 valence electrons. The van der Waals surface area contributed by atoms with Crippen molar-refractivity contribution in [2.75, 3.05) is 7.11 Å². The van der Waals surface area contributed by atoms with Crippen molar-refractivity contribution in [2.24, 2.45) is 5.73 Å². The zero-order valence-corrected chi connectivity index (χ0v) is 9.84. The molecule has 1 atom stereocenters. The lowest BCUT2D eigenvalue weighted by Crippen LogP contribution is -2.17. The van der Waals surface area contributed by atoms with Gasteiger partial charge < -0.3 is 15.6 Å². The first-order valence-electron chi connectivity index (χ1n) is 4.35. The molecule has 0 heterocycles. The lowest BCUT2D eigenvalue weighted by molar-refractivity contribution is 0.403. The molecule has 1 rings (SSSR count). The summed E-state index contributed by atoms with van der Waals surface area (Å²) in [6, 6.07) is 3.44. The molecule has 3 N–H and O–H groups in total. The lowest BCUT2D eigenvalue weighted by atomic mass is 10.1. The van der Waals surface area contributed by atoms with Crippen LogP contribution in [0, 0.1) is 0 Å². The summed E-state index contributed by atoms with van der Waals surface area (Å²) < 4.78 is 5.87. The van der Waals surface area contributed by atoms with Crippen LogP contribution < -0.4 is 10.5 Å². The van der Waals surface area contributed by atoms with Gasteiger partial charge in [0, 0.05) is 12.1 Å². The van der Waals surface area contributed by atoms with E-state index in [1.807, 2.05) is 13.0 Å². The Morgan fingerprint density at radius 3 is 2.71 bits per heavy atom. The maximum atomic E-state index is 9.64. The lowest BCUT2D eigenvalue weighted by Gasteiger charge is -2.10. The smallest absolute Gasteiger partial charge is 0.136 e. The van der Waals surface area contributed by atoms with Crippen molar-refractivity contribution in [1.82, 2.24) is 0 Å². The van der Waals surface area contributed by atoms with Crippen LogP contribution in [0.15, 0.2) is 16.6 Å². The van der Waals surface area contributed by atoms with E-state index in [1.165, 1.54) is 0 Å². The molecule has 3 nitrogen and oxygen atoms in total. The summed E-state index contributed by atoms with van der Waals surface area (Å²) in [5.74, 6) is 0.846. The van der Waals surface area contributed by atoms with Crippen molar-refractivity contribution in [3.8, 4) is 11.5 Å². The first-order chi connectivity index (χ1) is 6.54. The molecule has 0 spiro atoms. The summed E-state index contributed by atoms with van der Waals surface area (Å²) in [5, 5.41) is 9.64. The van der Waals surface area contributed by atoms with Gasteiger partial charge in [0.2, 0.25) is 0 Å². The van der Waals surface area contributed by atoms with E-state index < -0.39 is 0 Å². The van der Waals surface area contributed by atoms with Crippen LogP contribution in [-0.4, -0.2) is 18.3 Å². The van der Waals surface area contributed by atoms with Crippen molar-refractivity contribution in [3.05, 3.63) is 22.2 Å². The predicted octanol–water partition coefficient (Wildman–Crippen LogP) is 2.05. The van der Waals surface area contributed by atoms with Gasteiger partial charge in [0.25, 0.3) is 0 Å². The highest BCUT2D eigenvalue weighted by atomic mass is 79.9. The molecule has 0 bridgehead atoms. The van der Waals surface area contributed by atoms with Crippen molar-refractivity contribution < 1.29 is 9.84 Å². The van der Waals surface area contributed by atoms with Crippen LogP contribution >= 0.6 is 15.9 Å². The Labute approximate surface area is 92.0 Å².